The Labute approximate surface area is 226 Å². The lowest BCUT2D eigenvalue weighted by atomic mass is 9.89. The van der Waals surface area contributed by atoms with Gasteiger partial charge in [-0.2, -0.15) is 13.2 Å². The van der Waals surface area contributed by atoms with Crippen LogP contribution in [0, 0.1) is 0 Å². The predicted octanol–water partition coefficient (Wildman–Crippen LogP) is 4.65. The number of aliphatic hydroxyl groups is 1. The molecule has 1 aliphatic heterocycles. The van der Waals surface area contributed by atoms with E-state index in [0.717, 1.165) is 24.7 Å². The smallest absolute Gasteiger partial charge is 0.432 e. The molecule has 1 saturated carbocycles. The summed E-state index contributed by atoms with van der Waals surface area (Å²) < 4.78 is 57.0. The molecule has 3 aromatic heterocycles. The van der Waals surface area contributed by atoms with E-state index >= 15 is 0 Å². The molecule has 208 valence electrons. The number of benzene rings is 1. The third-order valence-corrected chi connectivity index (χ3v) is 6.91. The van der Waals surface area contributed by atoms with Gasteiger partial charge < -0.3 is 24.3 Å². The van der Waals surface area contributed by atoms with Crippen LogP contribution in [0.4, 0.5) is 13.2 Å². The summed E-state index contributed by atoms with van der Waals surface area (Å²) in [6, 6.07) is 4.66. The Hall–Kier alpha value is -4.26. The van der Waals surface area contributed by atoms with Gasteiger partial charge in [-0.05, 0) is 25.8 Å². The Morgan fingerprint density at radius 1 is 1.07 bits per heavy atom. The number of hydrogen-bond donors (Lipinski definition) is 2. The summed E-state index contributed by atoms with van der Waals surface area (Å²) >= 11 is 0. The van der Waals surface area contributed by atoms with Crippen molar-refractivity contribution in [1.82, 2.24) is 29.9 Å². The third-order valence-electron chi connectivity index (χ3n) is 6.91. The maximum Gasteiger partial charge on any atom is 0.432 e. The van der Waals surface area contributed by atoms with Crippen LogP contribution in [0.2, 0.25) is 0 Å². The van der Waals surface area contributed by atoms with E-state index in [0.29, 0.717) is 29.0 Å². The summed E-state index contributed by atoms with van der Waals surface area (Å²) in [4.78, 5) is 24.3. The first-order chi connectivity index (χ1) is 19.2. The summed E-state index contributed by atoms with van der Waals surface area (Å²) in [7, 11) is 1.44. The van der Waals surface area contributed by atoms with Gasteiger partial charge in [-0.25, -0.2) is 24.9 Å². The Morgan fingerprint density at radius 2 is 1.88 bits per heavy atom. The molecule has 13 heteroatoms. The van der Waals surface area contributed by atoms with E-state index in [1.165, 1.54) is 25.7 Å². The summed E-state index contributed by atoms with van der Waals surface area (Å²) in [5, 5.41) is 12.0. The van der Waals surface area contributed by atoms with E-state index < -0.39 is 17.5 Å². The molecule has 1 atom stereocenters. The summed E-state index contributed by atoms with van der Waals surface area (Å²) in [5.74, 6) is 1.34. The van der Waals surface area contributed by atoms with Crippen LogP contribution in [-0.4, -0.2) is 55.3 Å². The van der Waals surface area contributed by atoms with Crippen LogP contribution in [0.15, 0.2) is 36.9 Å². The number of aromatic amines is 1. The van der Waals surface area contributed by atoms with Gasteiger partial charge >= 0.3 is 6.18 Å². The molecule has 0 saturated heterocycles. The largest absolute Gasteiger partial charge is 0.493 e. The second-order valence-electron chi connectivity index (χ2n) is 9.80. The lowest BCUT2D eigenvalue weighted by molar-refractivity contribution is -0.140. The number of hydrogen-bond acceptors (Lipinski definition) is 9. The van der Waals surface area contributed by atoms with Gasteiger partial charge in [0.2, 0.25) is 5.88 Å². The van der Waals surface area contributed by atoms with Gasteiger partial charge in [0.15, 0.2) is 11.6 Å². The number of aromatic nitrogens is 6. The van der Waals surface area contributed by atoms with Gasteiger partial charge in [0.05, 0.1) is 38.4 Å². The van der Waals surface area contributed by atoms with E-state index in [2.05, 4.69) is 24.9 Å². The standard InChI is InChI=1S/C27H25F3N6O4/c1-26(37)16-7-6-15(23-32-12-19(35-23)27(28,29)30)10-17(16)39-8-3-9-40-25-20(21(14-4-5-14)33-13-34-25)24-31-11-18(38-2)22(26)36-24/h6-7,10-14,37H,3-5,8-9H2,1-2H3,(H,32,35). The molecular formula is C27H25F3N6O4. The highest BCUT2D eigenvalue weighted by atomic mass is 19.4. The summed E-state index contributed by atoms with van der Waals surface area (Å²) in [6.07, 6.45) is 1.50. The fraction of sp³-hybridized carbons (Fsp3) is 0.370. The number of rotatable bonds is 3. The van der Waals surface area contributed by atoms with Crippen molar-refractivity contribution in [2.24, 2.45) is 0 Å². The van der Waals surface area contributed by atoms with Crippen molar-refractivity contribution in [1.29, 1.82) is 0 Å². The molecule has 4 heterocycles. The number of fused-ring (bicyclic) bond motifs is 5. The molecule has 1 aliphatic carbocycles. The van der Waals surface area contributed by atoms with Crippen LogP contribution >= 0.6 is 0 Å². The summed E-state index contributed by atoms with van der Waals surface area (Å²) in [5.41, 5.74) is -0.547. The molecule has 40 heavy (non-hydrogen) atoms. The summed E-state index contributed by atoms with van der Waals surface area (Å²) in [6.45, 7) is 1.99. The van der Waals surface area contributed by atoms with Crippen LogP contribution in [0.3, 0.4) is 0 Å². The van der Waals surface area contributed by atoms with E-state index in [1.807, 2.05) is 0 Å². The van der Waals surface area contributed by atoms with Gasteiger partial charge in [-0.15, -0.1) is 0 Å². The molecule has 0 spiro atoms. The van der Waals surface area contributed by atoms with Crippen molar-refractivity contribution >= 4 is 0 Å². The quantitative estimate of drug-likeness (QED) is 0.372. The minimum Gasteiger partial charge on any atom is -0.493 e. The van der Waals surface area contributed by atoms with Crippen molar-refractivity contribution < 1.29 is 32.5 Å². The predicted molar refractivity (Wildman–Crippen MR) is 135 cm³/mol. The average Bonchev–Trinajstić information content (AvgIpc) is 3.65. The zero-order valence-electron chi connectivity index (χ0n) is 21.6. The molecule has 1 aromatic carbocycles. The maximum absolute atomic E-state index is 13.2. The first-order valence-corrected chi connectivity index (χ1v) is 12.7. The zero-order chi connectivity index (χ0) is 28.1. The molecular weight excluding hydrogens is 529 g/mol. The normalized spacial score (nSPS) is 19.1. The molecule has 2 bridgehead atoms. The van der Waals surface area contributed by atoms with Gasteiger partial charge in [0, 0.05) is 23.5 Å². The highest BCUT2D eigenvalue weighted by Crippen LogP contribution is 2.46. The van der Waals surface area contributed by atoms with E-state index in [-0.39, 0.29) is 48.0 Å². The van der Waals surface area contributed by atoms with Gasteiger partial charge in [-0.1, -0.05) is 12.1 Å². The number of nitrogens with zero attached hydrogens (tertiary/aromatic N) is 5. The maximum atomic E-state index is 13.2. The second-order valence-corrected chi connectivity index (χ2v) is 9.80. The fourth-order valence-electron chi connectivity index (χ4n) is 4.70. The van der Waals surface area contributed by atoms with Crippen molar-refractivity contribution in [3.8, 4) is 40.2 Å². The Morgan fingerprint density at radius 3 is 2.60 bits per heavy atom. The van der Waals surface area contributed by atoms with Gasteiger partial charge in [0.25, 0.3) is 0 Å². The van der Waals surface area contributed by atoms with Crippen LogP contribution in [0.1, 0.15) is 54.7 Å². The highest BCUT2D eigenvalue weighted by Gasteiger charge is 2.38. The van der Waals surface area contributed by atoms with Crippen molar-refractivity contribution in [3.05, 3.63) is 59.6 Å². The average molecular weight is 555 g/mol. The number of H-pyrrole nitrogens is 1. The first-order valence-electron chi connectivity index (χ1n) is 12.7. The van der Waals surface area contributed by atoms with Crippen LogP contribution in [0.5, 0.6) is 17.4 Å². The third kappa shape index (κ3) is 4.70. The number of imidazole rings is 1. The monoisotopic (exact) mass is 554 g/mol. The van der Waals surface area contributed by atoms with E-state index in [4.69, 9.17) is 19.2 Å². The molecule has 0 radical (unpaired) electrons. The van der Waals surface area contributed by atoms with Crippen LogP contribution in [0.25, 0.3) is 22.8 Å². The lowest BCUT2D eigenvalue weighted by Crippen LogP contribution is -2.27. The first kappa shape index (κ1) is 26.0. The number of ether oxygens (including phenoxy) is 3. The Kier molecular flexibility index (Phi) is 6.32. The fourth-order valence-corrected chi connectivity index (χ4v) is 4.70. The van der Waals surface area contributed by atoms with E-state index in [1.54, 1.807) is 19.1 Å². The van der Waals surface area contributed by atoms with Gasteiger partial charge in [0.1, 0.15) is 40.5 Å². The Balaban J connectivity index is 1.50. The number of nitrogens with one attached hydrogen (secondary N) is 1. The van der Waals surface area contributed by atoms with Crippen LogP contribution in [-0.2, 0) is 11.8 Å². The van der Waals surface area contributed by atoms with Crippen LogP contribution < -0.4 is 14.2 Å². The highest BCUT2D eigenvalue weighted by molar-refractivity contribution is 5.67. The second kappa shape index (κ2) is 9.73. The number of methoxy groups -OCH3 is 1. The van der Waals surface area contributed by atoms with E-state index in [9.17, 15) is 18.3 Å². The molecule has 6 rings (SSSR count). The minimum absolute atomic E-state index is 0.00755. The van der Waals surface area contributed by atoms with Crippen molar-refractivity contribution in [3.63, 3.8) is 0 Å². The molecule has 1 unspecified atom stereocenters. The SMILES string of the molecule is COc1cnc2nc1C(C)(O)c1ccc(-c3ncc(C(F)(F)F)[nH]3)cc1OCCCOc1ncnc(C3CC3)c1-2. The molecule has 4 aromatic rings. The van der Waals surface area contributed by atoms with Crippen molar-refractivity contribution in [2.45, 2.75) is 43.9 Å². The zero-order valence-corrected chi connectivity index (χ0v) is 21.6. The molecule has 2 aliphatic rings. The Bertz CT molecular complexity index is 1570. The number of halogens is 3. The molecule has 0 amide bonds. The molecule has 10 nitrogen and oxygen atoms in total. The topological polar surface area (TPSA) is 128 Å². The molecule has 1 fully saturated rings. The lowest BCUT2D eigenvalue weighted by Gasteiger charge is -2.27. The minimum atomic E-state index is -4.57. The number of alkyl halides is 3. The van der Waals surface area contributed by atoms with Crippen molar-refractivity contribution in [2.75, 3.05) is 20.3 Å². The van der Waals surface area contributed by atoms with Gasteiger partial charge in [-0.3, -0.25) is 0 Å². The molecule has 2 N–H and O–H groups in total.